The molecule has 0 fully saturated rings. The zero-order chi connectivity index (χ0) is 13.4. The van der Waals surface area contributed by atoms with E-state index in [4.69, 9.17) is 5.73 Å². The van der Waals surface area contributed by atoms with E-state index in [1.54, 1.807) is 6.20 Å². The SMILES string of the molecule is Cc1c(C)n(Cc2cccnc2)c2ncnc(N)c12. The fraction of sp³-hybridized carbons (Fsp3) is 0.214. The molecule has 5 heteroatoms. The number of anilines is 1. The summed E-state index contributed by atoms with van der Waals surface area (Å²) >= 11 is 0. The highest BCUT2D eigenvalue weighted by atomic mass is 15.1. The minimum atomic E-state index is 0.538. The third kappa shape index (κ3) is 1.83. The predicted octanol–water partition coefficient (Wildman–Crippen LogP) is 2.07. The van der Waals surface area contributed by atoms with Crippen LogP contribution in [0.3, 0.4) is 0 Å². The van der Waals surface area contributed by atoms with Gasteiger partial charge in [0.15, 0.2) is 0 Å². The molecule has 0 saturated heterocycles. The van der Waals surface area contributed by atoms with Crippen LogP contribution < -0.4 is 5.73 Å². The first-order valence-corrected chi connectivity index (χ1v) is 6.13. The highest BCUT2D eigenvalue weighted by Gasteiger charge is 2.15. The molecule has 0 aromatic carbocycles. The molecule has 0 aliphatic heterocycles. The van der Waals surface area contributed by atoms with Gasteiger partial charge in [-0.1, -0.05) is 6.07 Å². The van der Waals surface area contributed by atoms with E-state index in [-0.39, 0.29) is 0 Å². The first-order chi connectivity index (χ1) is 9.18. The maximum atomic E-state index is 5.96. The summed E-state index contributed by atoms with van der Waals surface area (Å²) in [6.07, 6.45) is 5.15. The van der Waals surface area contributed by atoms with Crippen molar-refractivity contribution in [2.45, 2.75) is 20.4 Å². The Balaban J connectivity index is 2.19. The molecule has 2 N–H and O–H groups in total. The van der Waals surface area contributed by atoms with Crippen LogP contribution in [0.2, 0.25) is 0 Å². The molecule has 0 unspecified atom stereocenters. The van der Waals surface area contributed by atoms with E-state index in [1.807, 2.05) is 12.3 Å². The van der Waals surface area contributed by atoms with Crippen molar-refractivity contribution in [3.8, 4) is 0 Å². The average molecular weight is 253 g/mol. The minimum Gasteiger partial charge on any atom is -0.383 e. The van der Waals surface area contributed by atoms with Gasteiger partial charge in [-0.3, -0.25) is 4.98 Å². The van der Waals surface area contributed by atoms with E-state index in [9.17, 15) is 0 Å². The molecule has 0 spiro atoms. The summed E-state index contributed by atoms with van der Waals surface area (Å²) in [5.41, 5.74) is 10.3. The van der Waals surface area contributed by atoms with Gasteiger partial charge in [-0.2, -0.15) is 0 Å². The van der Waals surface area contributed by atoms with Crippen LogP contribution in [-0.2, 0) is 6.54 Å². The summed E-state index contributed by atoms with van der Waals surface area (Å²) in [7, 11) is 0. The lowest BCUT2D eigenvalue weighted by molar-refractivity contribution is 0.786. The number of hydrogen-bond acceptors (Lipinski definition) is 4. The van der Waals surface area contributed by atoms with Crippen LogP contribution in [0.5, 0.6) is 0 Å². The second kappa shape index (κ2) is 4.35. The number of rotatable bonds is 2. The Kier molecular flexibility index (Phi) is 2.67. The highest BCUT2D eigenvalue weighted by molar-refractivity contribution is 5.90. The van der Waals surface area contributed by atoms with Crippen molar-refractivity contribution in [1.29, 1.82) is 0 Å². The second-order valence-corrected chi connectivity index (χ2v) is 4.62. The molecular weight excluding hydrogens is 238 g/mol. The maximum absolute atomic E-state index is 5.96. The van der Waals surface area contributed by atoms with Gasteiger partial charge in [0.1, 0.15) is 17.8 Å². The van der Waals surface area contributed by atoms with E-state index in [0.29, 0.717) is 5.82 Å². The van der Waals surface area contributed by atoms with Crippen LogP contribution in [0, 0.1) is 13.8 Å². The van der Waals surface area contributed by atoms with Gasteiger partial charge in [-0.05, 0) is 31.0 Å². The van der Waals surface area contributed by atoms with Gasteiger partial charge in [-0.25, -0.2) is 9.97 Å². The van der Waals surface area contributed by atoms with E-state index in [2.05, 4.69) is 39.4 Å². The number of aromatic nitrogens is 4. The average Bonchev–Trinajstić information content (AvgIpc) is 2.66. The van der Waals surface area contributed by atoms with Crippen molar-refractivity contribution >= 4 is 16.9 Å². The molecular formula is C14H15N5. The third-order valence-corrected chi connectivity index (χ3v) is 3.50. The number of hydrogen-bond donors (Lipinski definition) is 1. The molecule has 0 aliphatic rings. The van der Waals surface area contributed by atoms with Gasteiger partial charge in [0.2, 0.25) is 0 Å². The number of pyridine rings is 1. The summed E-state index contributed by atoms with van der Waals surface area (Å²) in [6.45, 7) is 4.87. The van der Waals surface area contributed by atoms with Crippen molar-refractivity contribution in [2.24, 2.45) is 0 Å². The van der Waals surface area contributed by atoms with Crippen LogP contribution in [0.15, 0.2) is 30.9 Å². The van der Waals surface area contributed by atoms with Crippen molar-refractivity contribution in [2.75, 3.05) is 5.73 Å². The van der Waals surface area contributed by atoms with Crippen LogP contribution >= 0.6 is 0 Å². The Bertz CT molecular complexity index is 730. The van der Waals surface area contributed by atoms with E-state index < -0.39 is 0 Å². The summed E-state index contributed by atoms with van der Waals surface area (Å²) < 4.78 is 2.15. The Morgan fingerprint density at radius 1 is 1.26 bits per heavy atom. The van der Waals surface area contributed by atoms with Crippen molar-refractivity contribution in [1.82, 2.24) is 19.5 Å². The van der Waals surface area contributed by atoms with E-state index in [0.717, 1.165) is 34.4 Å². The summed E-state index contributed by atoms with van der Waals surface area (Å²) in [5, 5.41) is 0.948. The lowest BCUT2D eigenvalue weighted by Crippen LogP contribution is -2.03. The second-order valence-electron chi connectivity index (χ2n) is 4.62. The van der Waals surface area contributed by atoms with Gasteiger partial charge in [0.05, 0.1) is 11.9 Å². The molecule has 0 radical (unpaired) electrons. The summed E-state index contributed by atoms with van der Waals surface area (Å²) in [4.78, 5) is 12.6. The minimum absolute atomic E-state index is 0.538. The van der Waals surface area contributed by atoms with E-state index >= 15 is 0 Å². The van der Waals surface area contributed by atoms with Gasteiger partial charge < -0.3 is 10.3 Å². The predicted molar refractivity (Wildman–Crippen MR) is 74.8 cm³/mol. The zero-order valence-electron chi connectivity index (χ0n) is 11.0. The molecule has 0 aliphatic carbocycles. The van der Waals surface area contributed by atoms with Gasteiger partial charge in [0, 0.05) is 18.1 Å². The van der Waals surface area contributed by atoms with Gasteiger partial charge >= 0.3 is 0 Å². The Labute approximate surface area is 111 Å². The lowest BCUT2D eigenvalue weighted by Gasteiger charge is -2.07. The maximum Gasteiger partial charge on any atom is 0.146 e. The Morgan fingerprint density at radius 2 is 2.11 bits per heavy atom. The van der Waals surface area contributed by atoms with Crippen molar-refractivity contribution in [3.05, 3.63) is 47.7 Å². The van der Waals surface area contributed by atoms with Crippen LogP contribution in [0.25, 0.3) is 11.0 Å². The third-order valence-electron chi connectivity index (χ3n) is 3.50. The zero-order valence-corrected chi connectivity index (χ0v) is 11.0. The first-order valence-electron chi connectivity index (χ1n) is 6.13. The molecule has 0 amide bonds. The lowest BCUT2D eigenvalue weighted by atomic mass is 10.2. The topological polar surface area (TPSA) is 69.6 Å². The fourth-order valence-electron chi connectivity index (χ4n) is 2.36. The molecule has 3 aromatic heterocycles. The molecule has 5 nitrogen and oxygen atoms in total. The number of nitrogens with two attached hydrogens (primary N) is 1. The standard InChI is InChI=1S/C14H15N5/c1-9-10(2)19(7-11-4-3-5-16-6-11)14-12(9)13(15)17-8-18-14/h3-6,8H,7H2,1-2H3,(H2,15,17,18). The normalized spacial score (nSPS) is 11.1. The molecule has 96 valence electrons. The quantitative estimate of drug-likeness (QED) is 0.759. The summed E-state index contributed by atoms with van der Waals surface area (Å²) in [6, 6.07) is 3.99. The molecule has 19 heavy (non-hydrogen) atoms. The largest absolute Gasteiger partial charge is 0.383 e. The number of aryl methyl sites for hydroxylation is 1. The molecule has 0 atom stereocenters. The first kappa shape index (κ1) is 11.6. The van der Waals surface area contributed by atoms with E-state index in [1.165, 1.54) is 6.33 Å². The van der Waals surface area contributed by atoms with Crippen molar-refractivity contribution < 1.29 is 0 Å². The smallest absolute Gasteiger partial charge is 0.146 e. The highest BCUT2D eigenvalue weighted by Crippen LogP contribution is 2.27. The molecule has 3 heterocycles. The van der Waals surface area contributed by atoms with Gasteiger partial charge in [-0.15, -0.1) is 0 Å². The molecule has 0 bridgehead atoms. The molecule has 0 saturated carbocycles. The Hall–Kier alpha value is -2.43. The van der Waals surface area contributed by atoms with Crippen LogP contribution in [-0.4, -0.2) is 19.5 Å². The summed E-state index contributed by atoms with van der Waals surface area (Å²) in [5.74, 6) is 0.538. The Morgan fingerprint density at radius 3 is 2.84 bits per heavy atom. The van der Waals surface area contributed by atoms with Crippen LogP contribution in [0.4, 0.5) is 5.82 Å². The molecule has 3 rings (SSSR count). The number of nitrogens with zero attached hydrogens (tertiary/aromatic N) is 4. The van der Waals surface area contributed by atoms with Crippen LogP contribution in [0.1, 0.15) is 16.8 Å². The fourth-order valence-corrected chi connectivity index (χ4v) is 2.36. The molecule has 3 aromatic rings. The number of fused-ring (bicyclic) bond motifs is 1. The van der Waals surface area contributed by atoms with Gasteiger partial charge in [0.25, 0.3) is 0 Å². The van der Waals surface area contributed by atoms with Crippen molar-refractivity contribution in [3.63, 3.8) is 0 Å². The number of nitrogen functional groups attached to an aromatic ring is 1. The monoisotopic (exact) mass is 253 g/mol.